The van der Waals surface area contributed by atoms with Crippen LogP contribution in [0.1, 0.15) is 13.8 Å². The van der Waals surface area contributed by atoms with Gasteiger partial charge in [-0.3, -0.25) is 9.59 Å². The van der Waals surface area contributed by atoms with Crippen LogP contribution in [-0.4, -0.2) is 35.1 Å². The summed E-state index contributed by atoms with van der Waals surface area (Å²) in [4.78, 5) is 27.6. The summed E-state index contributed by atoms with van der Waals surface area (Å²) in [5.41, 5.74) is 0.830. The minimum atomic E-state index is -0.193. The number of aromatic nitrogens is 1. The highest BCUT2D eigenvalue weighted by Crippen LogP contribution is 2.30. The summed E-state index contributed by atoms with van der Waals surface area (Å²) in [7, 11) is 0. The van der Waals surface area contributed by atoms with Crippen LogP contribution in [0.25, 0.3) is 10.2 Å². The minimum Gasteiger partial charge on any atom is -0.352 e. The second-order valence-electron chi connectivity index (χ2n) is 4.88. The first-order valence-electron chi connectivity index (χ1n) is 6.69. The van der Waals surface area contributed by atoms with Gasteiger partial charge in [0.2, 0.25) is 11.8 Å². The summed E-state index contributed by atoms with van der Waals surface area (Å²) in [6.45, 7) is 3.73. The number of hydrogen-bond donors (Lipinski definition) is 2. The second kappa shape index (κ2) is 7.80. The molecule has 1 aromatic heterocycles. The number of halogens is 1. The number of nitrogens with zero attached hydrogens (tertiary/aromatic N) is 1. The van der Waals surface area contributed by atoms with Gasteiger partial charge >= 0.3 is 0 Å². The van der Waals surface area contributed by atoms with Crippen molar-refractivity contribution in [1.29, 1.82) is 0 Å². The lowest BCUT2D eigenvalue weighted by molar-refractivity contribution is -0.125. The zero-order valence-corrected chi connectivity index (χ0v) is 14.6. The molecule has 0 spiro atoms. The van der Waals surface area contributed by atoms with E-state index in [1.807, 2.05) is 26.0 Å². The van der Waals surface area contributed by atoms with Gasteiger partial charge in [0, 0.05) is 11.1 Å². The van der Waals surface area contributed by atoms with Gasteiger partial charge < -0.3 is 10.6 Å². The van der Waals surface area contributed by atoms with E-state index in [-0.39, 0.29) is 30.2 Å². The quantitative estimate of drug-likeness (QED) is 0.780. The molecule has 2 rings (SSSR count). The number of fused-ring (bicyclic) bond motifs is 1. The van der Waals surface area contributed by atoms with Gasteiger partial charge in [0.05, 0.1) is 22.5 Å². The molecule has 2 aromatic rings. The fourth-order valence-corrected chi connectivity index (χ4v) is 3.72. The third-order valence-corrected chi connectivity index (χ3v) is 4.97. The average molecular weight is 358 g/mol. The van der Waals surface area contributed by atoms with Crippen LogP contribution in [0.15, 0.2) is 22.5 Å². The summed E-state index contributed by atoms with van der Waals surface area (Å²) in [6, 6.07) is 5.59. The van der Waals surface area contributed by atoms with E-state index in [2.05, 4.69) is 15.6 Å². The molecule has 0 fully saturated rings. The third-order valence-electron chi connectivity index (χ3n) is 2.55. The van der Waals surface area contributed by atoms with Crippen LogP contribution in [0.2, 0.25) is 5.02 Å². The maximum atomic E-state index is 11.7. The van der Waals surface area contributed by atoms with Gasteiger partial charge in [-0.1, -0.05) is 23.4 Å². The lowest BCUT2D eigenvalue weighted by Crippen LogP contribution is -2.40. The number of thioether (sulfide) groups is 1. The van der Waals surface area contributed by atoms with E-state index in [0.29, 0.717) is 5.02 Å². The van der Waals surface area contributed by atoms with Crippen LogP contribution in [0.3, 0.4) is 0 Å². The summed E-state index contributed by atoms with van der Waals surface area (Å²) in [6.07, 6.45) is 0. The Labute approximate surface area is 141 Å². The Morgan fingerprint density at radius 2 is 2.14 bits per heavy atom. The van der Waals surface area contributed by atoms with E-state index in [4.69, 9.17) is 11.6 Å². The fourth-order valence-electron chi connectivity index (χ4n) is 1.67. The Morgan fingerprint density at radius 3 is 2.86 bits per heavy atom. The van der Waals surface area contributed by atoms with Gasteiger partial charge in [0.1, 0.15) is 0 Å². The molecule has 0 aliphatic rings. The standard InChI is InChI=1S/C14H16ClN3O2S2/c1-8(2)17-12(19)6-16-13(20)7-21-14-18-10-5-9(15)3-4-11(10)22-14/h3-5,8H,6-7H2,1-2H3,(H,16,20)(H,17,19). The molecule has 1 heterocycles. The van der Waals surface area contributed by atoms with Crippen molar-refractivity contribution in [3.8, 4) is 0 Å². The molecule has 2 N–H and O–H groups in total. The van der Waals surface area contributed by atoms with E-state index in [0.717, 1.165) is 14.6 Å². The maximum absolute atomic E-state index is 11.7. The molecule has 1 aromatic carbocycles. The number of rotatable bonds is 6. The molecule has 0 aliphatic heterocycles. The molecule has 8 heteroatoms. The predicted octanol–water partition coefficient (Wildman–Crippen LogP) is 2.68. The first-order valence-corrected chi connectivity index (χ1v) is 8.87. The van der Waals surface area contributed by atoms with Crippen molar-refractivity contribution in [2.24, 2.45) is 0 Å². The SMILES string of the molecule is CC(C)NC(=O)CNC(=O)CSc1nc2cc(Cl)ccc2s1. The highest BCUT2D eigenvalue weighted by atomic mass is 35.5. The number of carbonyl (C=O) groups excluding carboxylic acids is 2. The Morgan fingerprint density at radius 1 is 1.36 bits per heavy atom. The third kappa shape index (κ3) is 5.15. The number of carbonyl (C=O) groups is 2. The molecule has 2 amide bonds. The molecular weight excluding hydrogens is 342 g/mol. The molecule has 22 heavy (non-hydrogen) atoms. The van der Waals surface area contributed by atoms with E-state index in [1.54, 1.807) is 6.07 Å². The van der Waals surface area contributed by atoms with Crippen LogP contribution in [0.5, 0.6) is 0 Å². The van der Waals surface area contributed by atoms with Crippen LogP contribution in [0.4, 0.5) is 0 Å². The van der Waals surface area contributed by atoms with Crippen molar-refractivity contribution in [1.82, 2.24) is 15.6 Å². The van der Waals surface area contributed by atoms with Crippen LogP contribution in [-0.2, 0) is 9.59 Å². The maximum Gasteiger partial charge on any atom is 0.239 e. The minimum absolute atomic E-state index is 0.00692. The lowest BCUT2D eigenvalue weighted by atomic mass is 10.3. The molecule has 0 atom stereocenters. The molecule has 0 aliphatic carbocycles. The first-order chi connectivity index (χ1) is 10.4. The monoisotopic (exact) mass is 357 g/mol. The molecule has 0 bridgehead atoms. The van der Waals surface area contributed by atoms with Gasteiger partial charge in [0.15, 0.2) is 4.34 Å². The fraction of sp³-hybridized carbons (Fsp3) is 0.357. The summed E-state index contributed by atoms with van der Waals surface area (Å²) >= 11 is 8.78. The van der Waals surface area contributed by atoms with Gasteiger partial charge in [-0.25, -0.2) is 4.98 Å². The Bertz CT molecular complexity index is 688. The van der Waals surface area contributed by atoms with Gasteiger partial charge in [0.25, 0.3) is 0 Å². The van der Waals surface area contributed by atoms with Crippen LogP contribution in [0, 0.1) is 0 Å². The highest BCUT2D eigenvalue weighted by molar-refractivity contribution is 8.01. The van der Waals surface area contributed by atoms with Crippen molar-refractivity contribution in [3.63, 3.8) is 0 Å². The van der Waals surface area contributed by atoms with Crippen molar-refractivity contribution >= 4 is 56.7 Å². The van der Waals surface area contributed by atoms with E-state index >= 15 is 0 Å². The number of nitrogens with one attached hydrogen (secondary N) is 2. The van der Waals surface area contributed by atoms with Crippen molar-refractivity contribution < 1.29 is 9.59 Å². The van der Waals surface area contributed by atoms with Gasteiger partial charge in [-0.05, 0) is 32.0 Å². The van der Waals surface area contributed by atoms with Crippen molar-refractivity contribution in [2.45, 2.75) is 24.2 Å². The second-order valence-corrected chi connectivity index (χ2v) is 7.57. The largest absolute Gasteiger partial charge is 0.352 e. The summed E-state index contributed by atoms with van der Waals surface area (Å²) in [5, 5.41) is 5.94. The van der Waals surface area contributed by atoms with Gasteiger partial charge in [-0.2, -0.15) is 0 Å². The van der Waals surface area contributed by atoms with E-state index in [9.17, 15) is 9.59 Å². The van der Waals surface area contributed by atoms with E-state index < -0.39 is 0 Å². The number of amides is 2. The van der Waals surface area contributed by atoms with Crippen LogP contribution >= 0.6 is 34.7 Å². The van der Waals surface area contributed by atoms with Crippen LogP contribution < -0.4 is 10.6 Å². The summed E-state index contributed by atoms with van der Waals surface area (Å²) in [5.74, 6) is -0.160. The number of thiazole rings is 1. The smallest absolute Gasteiger partial charge is 0.239 e. The first kappa shape index (κ1) is 17.1. The average Bonchev–Trinajstić information content (AvgIpc) is 2.84. The molecule has 5 nitrogen and oxygen atoms in total. The topological polar surface area (TPSA) is 71.1 Å². The zero-order valence-electron chi connectivity index (χ0n) is 12.2. The van der Waals surface area contributed by atoms with Gasteiger partial charge in [-0.15, -0.1) is 11.3 Å². The van der Waals surface area contributed by atoms with E-state index in [1.165, 1.54) is 23.1 Å². The molecule has 118 valence electrons. The Balaban J connectivity index is 1.81. The zero-order chi connectivity index (χ0) is 16.1. The molecule has 0 unspecified atom stereocenters. The van der Waals surface area contributed by atoms with Crippen molar-refractivity contribution in [3.05, 3.63) is 23.2 Å². The molecule has 0 saturated carbocycles. The highest BCUT2D eigenvalue weighted by Gasteiger charge is 2.10. The normalized spacial score (nSPS) is 10.9. The number of hydrogen-bond acceptors (Lipinski definition) is 5. The lowest BCUT2D eigenvalue weighted by Gasteiger charge is -2.08. The Hall–Kier alpha value is -1.31. The van der Waals surface area contributed by atoms with Crippen molar-refractivity contribution in [2.75, 3.05) is 12.3 Å². The summed E-state index contributed by atoms with van der Waals surface area (Å²) < 4.78 is 1.84. The number of benzene rings is 1. The predicted molar refractivity (Wildman–Crippen MR) is 91.6 cm³/mol. The molecular formula is C14H16ClN3O2S2. The molecule has 0 saturated heterocycles. The Kier molecular flexibility index (Phi) is 6.05. The molecule has 0 radical (unpaired) electrons.